The van der Waals surface area contributed by atoms with Gasteiger partial charge < -0.3 is 9.47 Å². The number of aromatic nitrogens is 1. The number of rotatable bonds is 1. The molecule has 3 atom stereocenters. The van der Waals surface area contributed by atoms with E-state index in [0.29, 0.717) is 25.7 Å². The normalized spacial score (nSPS) is 27.4. The Balaban J connectivity index is 1.48. The fraction of sp³-hybridized carbons (Fsp3) is 0.609. The Morgan fingerprint density at radius 3 is 2.72 bits per heavy atom. The summed E-state index contributed by atoms with van der Waals surface area (Å²) in [5.41, 5.74) is 1.93. The molecule has 2 aliphatic heterocycles. The number of Topliss-reactive ketones (excluding diaryl/α,β-unsaturated/α-hetero) is 1. The van der Waals surface area contributed by atoms with Crippen molar-refractivity contribution in [2.75, 3.05) is 0 Å². The lowest BCUT2D eigenvalue weighted by Crippen LogP contribution is -2.15. The van der Waals surface area contributed by atoms with Gasteiger partial charge in [-0.2, -0.15) is 0 Å². The maximum atomic E-state index is 12.5. The average Bonchev–Trinajstić information content (AvgIpc) is 3.30. The number of carbonyl (C=O) groups is 2. The molecule has 3 heterocycles. The zero-order valence-electron chi connectivity index (χ0n) is 17.0. The van der Waals surface area contributed by atoms with Crippen LogP contribution in [0, 0.1) is 6.92 Å². The van der Waals surface area contributed by atoms with Crippen molar-refractivity contribution in [1.82, 2.24) is 4.98 Å². The monoisotopic (exact) mass is 415 g/mol. The fourth-order valence-corrected chi connectivity index (χ4v) is 4.96. The molecule has 0 N–H and O–H groups in total. The first-order valence-electron chi connectivity index (χ1n) is 10.8. The van der Waals surface area contributed by atoms with Gasteiger partial charge in [-0.05, 0) is 43.9 Å². The van der Waals surface area contributed by atoms with E-state index in [-0.39, 0.29) is 36.5 Å². The van der Waals surface area contributed by atoms with Gasteiger partial charge in [0.1, 0.15) is 11.9 Å². The second kappa shape index (κ2) is 9.35. The molecule has 2 saturated heterocycles. The lowest BCUT2D eigenvalue weighted by atomic mass is 10.00. The van der Waals surface area contributed by atoms with Crippen LogP contribution in [0.15, 0.2) is 18.2 Å². The third kappa shape index (κ3) is 5.64. The zero-order valence-corrected chi connectivity index (χ0v) is 17.8. The van der Waals surface area contributed by atoms with Gasteiger partial charge >= 0.3 is 5.97 Å². The van der Waals surface area contributed by atoms with Gasteiger partial charge in [-0.15, -0.1) is 11.3 Å². The quantitative estimate of drug-likeness (QED) is 0.458. The second-order valence-corrected chi connectivity index (χ2v) is 9.47. The topological polar surface area (TPSA) is 68.8 Å². The van der Waals surface area contributed by atoms with Crippen LogP contribution in [-0.4, -0.2) is 28.9 Å². The van der Waals surface area contributed by atoms with E-state index in [1.165, 1.54) is 0 Å². The second-order valence-electron chi connectivity index (χ2n) is 8.23. The molecular formula is C23H29NO4S. The van der Waals surface area contributed by atoms with E-state index in [1.807, 2.05) is 19.1 Å². The predicted molar refractivity (Wildman–Crippen MR) is 113 cm³/mol. The molecule has 4 rings (SSSR count). The number of ether oxygens (including phenoxy) is 2. The number of fused-ring (bicyclic) bond motifs is 2. The Labute approximate surface area is 175 Å². The largest absolute Gasteiger partial charge is 0.457 e. The molecule has 1 aromatic carbocycles. The number of hydrogen-bond donors (Lipinski definition) is 0. The summed E-state index contributed by atoms with van der Waals surface area (Å²) in [6.07, 6.45) is 8.13. The average molecular weight is 416 g/mol. The Bertz CT molecular complexity index is 877. The van der Waals surface area contributed by atoms with Crippen LogP contribution in [0.5, 0.6) is 0 Å². The minimum atomic E-state index is -0.326. The van der Waals surface area contributed by atoms with Crippen LogP contribution in [0.4, 0.5) is 0 Å². The van der Waals surface area contributed by atoms with Crippen LogP contribution < -0.4 is 0 Å². The summed E-state index contributed by atoms with van der Waals surface area (Å²) in [6, 6.07) is 6.14. The van der Waals surface area contributed by atoms with Crippen LogP contribution >= 0.6 is 11.3 Å². The van der Waals surface area contributed by atoms with Crippen molar-refractivity contribution in [2.24, 2.45) is 0 Å². The lowest BCUT2D eigenvalue weighted by Gasteiger charge is -2.18. The number of ketones is 1. The smallest absolute Gasteiger partial charge is 0.306 e. The molecular weight excluding hydrogens is 386 g/mol. The summed E-state index contributed by atoms with van der Waals surface area (Å²) in [5.74, 6) is 0.0260. The van der Waals surface area contributed by atoms with E-state index in [1.54, 1.807) is 11.3 Å². The van der Waals surface area contributed by atoms with E-state index in [4.69, 9.17) is 9.47 Å². The highest BCUT2D eigenvalue weighted by molar-refractivity contribution is 7.18. The summed E-state index contributed by atoms with van der Waals surface area (Å²) in [4.78, 5) is 29.0. The molecule has 2 fully saturated rings. The van der Waals surface area contributed by atoms with Crippen LogP contribution in [0.3, 0.4) is 0 Å². The molecule has 6 heteroatoms. The predicted octanol–water partition coefficient (Wildman–Crippen LogP) is 5.44. The van der Waals surface area contributed by atoms with Crippen molar-refractivity contribution in [1.29, 1.82) is 0 Å². The Kier molecular flexibility index (Phi) is 6.60. The molecule has 1 aromatic heterocycles. The molecule has 2 aromatic rings. The van der Waals surface area contributed by atoms with E-state index < -0.39 is 0 Å². The van der Waals surface area contributed by atoms with Crippen molar-refractivity contribution in [3.05, 3.63) is 28.8 Å². The molecule has 156 valence electrons. The summed E-state index contributed by atoms with van der Waals surface area (Å²) < 4.78 is 12.9. The molecule has 0 saturated carbocycles. The molecule has 2 aliphatic rings. The molecule has 29 heavy (non-hydrogen) atoms. The third-order valence-electron chi connectivity index (χ3n) is 5.83. The van der Waals surface area contributed by atoms with Gasteiger partial charge in [0.2, 0.25) is 0 Å². The van der Waals surface area contributed by atoms with E-state index in [2.05, 4.69) is 11.1 Å². The fourth-order valence-electron chi connectivity index (χ4n) is 4.16. The van der Waals surface area contributed by atoms with Crippen LogP contribution in [-0.2, 0) is 19.1 Å². The van der Waals surface area contributed by atoms with Crippen LogP contribution in [0.25, 0.3) is 10.2 Å². The molecule has 3 unspecified atom stereocenters. The van der Waals surface area contributed by atoms with E-state index in [9.17, 15) is 9.59 Å². The summed E-state index contributed by atoms with van der Waals surface area (Å²) >= 11 is 1.67. The summed E-state index contributed by atoms with van der Waals surface area (Å²) in [6.45, 7) is 2.00. The first-order chi connectivity index (χ1) is 14.1. The van der Waals surface area contributed by atoms with E-state index in [0.717, 1.165) is 52.9 Å². The lowest BCUT2D eigenvalue weighted by molar-refractivity contribution is -0.150. The van der Waals surface area contributed by atoms with Crippen molar-refractivity contribution in [3.8, 4) is 0 Å². The molecule has 5 nitrogen and oxygen atoms in total. The first-order valence-corrected chi connectivity index (χ1v) is 11.6. The van der Waals surface area contributed by atoms with Crippen molar-refractivity contribution in [2.45, 2.75) is 89.4 Å². The van der Waals surface area contributed by atoms with Crippen LogP contribution in [0.1, 0.15) is 80.9 Å². The maximum absolute atomic E-state index is 12.5. The van der Waals surface area contributed by atoms with Crippen LogP contribution in [0.2, 0.25) is 0 Å². The van der Waals surface area contributed by atoms with Gasteiger partial charge in [0.05, 0.1) is 27.4 Å². The zero-order chi connectivity index (χ0) is 20.2. The molecule has 0 radical (unpaired) electrons. The van der Waals surface area contributed by atoms with E-state index >= 15 is 0 Å². The Morgan fingerprint density at radius 1 is 1.00 bits per heavy atom. The Hall–Kier alpha value is -1.79. The molecule has 0 aliphatic carbocycles. The number of nitrogens with zero attached hydrogens (tertiary/aromatic N) is 1. The van der Waals surface area contributed by atoms with Gasteiger partial charge in [0.25, 0.3) is 0 Å². The first kappa shape index (κ1) is 20.5. The van der Waals surface area contributed by atoms with Crippen molar-refractivity contribution in [3.63, 3.8) is 0 Å². The molecule has 0 spiro atoms. The number of hydrogen-bond acceptors (Lipinski definition) is 6. The highest BCUT2D eigenvalue weighted by Gasteiger charge is 2.40. The van der Waals surface area contributed by atoms with Crippen molar-refractivity contribution >= 4 is 33.3 Å². The van der Waals surface area contributed by atoms with Gasteiger partial charge in [-0.3, -0.25) is 9.59 Å². The Morgan fingerprint density at radius 2 is 1.83 bits per heavy atom. The summed E-state index contributed by atoms with van der Waals surface area (Å²) in [5, 5.41) is 1.03. The minimum absolute atomic E-state index is 0.162. The highest BCUT2D eigenvalue weighted by Crippen LogP contribution is 2.37. The third-order valence-corrected chi connectivity index (χ3v) is 6.78. The van der Waals surface area contributed by atoms with Gasteiger partial charge in [0, 0.05) is 25.7 Å². The number of epoxide rings is 1. The SMILES string of the molecule is Cc1nc2cc(C3CC4OC4CCCCCCC(=O)CCCC(=O)O3)ccc2s1. The van der Waals surface area contributed by atoms with Gasteiger partial charge in [0.15, 0.2) is 0 Å². The number of aryl methyl sites for hydroxylation is 1. The van der Waals surface area contributed by atoms with Gasteiger partial charge in [-0.25, -0.2) is 4.98 Å². The number of cyclic esters (lactones) is 1. The summed E-state index contributed by atoms with van der Waals surface area (Å²) in [7, 11) is 0. The highest BCUT2D eigenvalue weighted by atomic mass is 32.1. The minimum Gasteiger partial charge on any atom is -0.457 e. The molecule has 0 bridgehead atoms. The molecule has 0 amide bonds. The number of thiazole rings is 1. The number of carbonyl (C=O) groups excluding carboxylic acids is 2. The van der Waals surface area contributed by atoms with Gasteiger partial charge in [-0.1, -0.05) is 25.3 Å². The number of benzene rings is 1. The van der Waals surface area contributed by atoms with Crippen molar-refractivity contribution < 1.29 is 19.1 Å². The standard InChI is InChI=1S/C23H29NO4S/c1-15-24-18-13-16(11-12-22(18)29-15)20-14-21-19(27-21)9-5-3-2-4-7-17(25)8-6-10-23(26)28-20/h11-13,19-21H,2-10,14H2,1H3. The maximum Gasteiger partial charge on any atom is 0.306 e. The number of esters is 1.